The molecule has 0 atom stereocenters. The van der Waals surface area contributed by atoms with Crippen molar-refractivity contribution >= 4 is 5.91 Å². The van der Waals surface area contributed by atoms with Gasteiger partial charge in [-0.05, 0) is 39.8 Å². The van der Waals surface area contributed by atoms with E-state index in [1.165, 1.54) is 0 Å². The average molecular weight is 228 g/mol. The Morgan fingerprint density at radius 2 is 2.06 bits per heavy atom. The van der Waals surface area contributed by atoms with Gasteiger partial charge >= 0.3 is 0 Å². The van der Waals surface area contributed by atoms with Gasteiger partial charge in [0.15, 0.2) is 0 Å². The van der Waals surface area contributed by atoms with Crippen LogP contribution in [0.5, 0.6) is 0 Å². The highest BCUT2D eigenvalue weighted by molar-refractivity contribution is 5.78. The predicted molar refractivity (Wildman–Crippen MR) is 64.3 cm³/mol. The Bertz CT molecular complexity index is 211. The first-order valence-corrected chi connectivity index (χ1v) is 6.19. The zero-order valence-corrected chi connectivity index (χ0v) is 10.7. The largest absolute Gasteiger partial charge is 0.377 e. The lowest BCUT2D eigenvalue weighted by atomic mass is 9.96. The van der Waals surface area contributed by atoms with Crippen LogP contribution < -0.4 is 5.32 Å². The van der Waals surface area contributed by atoms with E-state index < -0.39 is 0 Å². The molecule has 1 heterocycles. The molecule has 0 aromatic heterocycles. The lowest BCUT2D eigenvalue weighted by Gasteiger charge is -2.31. The number of likely N-dealkylation sites (tertiary alicyclic amines) is 1. The molecule has 0 unspecified atom stereocenters. The van der Waals surface area contributed by atoms with Crippen molar-refractivity contribution in [3.63, 3.8) is 0 Å². The maximum Gasteiger partial charge on any atom is 0.222 e. The van der Waals surface area contributed by atoms with Crippen molar-refractivity contribution in [3.8, 4) is 0 Å². The standard InChI is InChI=1S/C12H24N2O2/c1-10(2)16-9-8-14-6-4-11(5-7-14)12(15)13-3/h10-11H,4-9H2,1-3H3,(H,13,15). The number of piperidine rings is 1. The summed E-state index contributed by atoms with van der Waals surface area (Å²) in [5, 5.41) is 2.73. The van der Waals surface area contributed by atoms with Crippen LogP contribution in [0, 0.1) is 5.92 Å². The number of ether oxygens (including phenoxy) is 1. The molecular weight excluding hydrogens is 204 g/mol. The molecule has 4 heteroatoms. The summed E-state index contributed by atoms with van der Waals surface area (Å²) in [6.07, 6.45) is 2.26. The Labute approximate surface area is 98.3 Å². The molecule has 0 radical (unpaired) electrons. The number of carbonyl (C=O) groups is 1. The molecule has 94 valence electrons. The van der Waals surface area contributed by atoms with Crippen LogP contribution in [0.15, 0.2) is 0 Å². The Balaban J connectivity index is 2.14. The van der Waals surface area contributed by atoms with Gasteiger partial charge in [0, 0.05) is 19.5 Å². The van der Waals surface area contributed by atoms with E-state index >= 15 is 0 Å². The Morgan fingerprint density at radius 1 is 1.44 bits per heavy atom. The van der Waals surface area contributed by atoms with Gasteiger partial charge in [0.2, 0.25) is 5.91 Å². The molecule has 0 saturated carbocycles. The van der Waals surface area contributed by atoms with Crippen molar-refractivity contribution in [1.82, 2.24) is 10.2 Å². The zero-order valence-electron chi connectivity index (χ0n) is 10.7. The van der Waals surface area contributed by atoms with Gasteiger partial charge in [-0.3, -0.25) is 4.79 Å². The molecule has 1 aliphatic heterocycles. The summed E-state index contributed by atoms with van der Waals surface area (Å²) in [5.74, 6) is 0.408. The predicted octanol–water partition coefficient (Wildman–Crippen LogP) is 0.869. The molecule has 1 saturated heterocycles. The second kappa shape index (κ2) is 6.86. The third-order valence-corrected chi connectivity index (χ3v) is 3.06. The normalized spacial score (nSPS) is 19.0. The van der Waals surface area contributed by atoms with E-state index in [1.54, 1.807) is 7.05 Å². The summed E-state index contributed by atoms with van der Waals surface area (Å²) in [4.78, 5) is 13.8. The first-order valence-electron chi connectivity index (χ1n) is 6.19. The van der Waals surface area contributed by atoms with Crippen LogP contribution in [0.1, 0.15) is 26.7 Å². The zero-order chi connectivity index (χ0) is 12.0. The third kappa shape index (κ3) is 4.49. The molecule has 0 aliphatic carbocycles. The molecule has 4 nitrogen and oxygen atoms in total. The summed E-state index contributed by atoms with van der Waals surface area (Å²) in [6, 6.07) is 0. The molecule has 1 N–H and O–H groups in total. The fourth-order valence-corrected chi connectivity index (χ4v) is 2.04. The number of hydrogen-bond donors (Lipinski definition) is 1. The lowest BCUT2D eigenvalue weighted by Crippen LogP contribution is -2.40. The summed E-state index contributed by atoms with van der Waals surface area (Å²) < 4.78 is 5.52. The first kappa shape index (κ1) is 13.5. The fourth-order valence-electron chi connectivity index (χ4n) is 2.04. The second-order valence-electron chi connectivity index (χ2n) is 4.65. The molecule has 1 fully saturated rings. The molecule has 1 amide bonds. The van der Waals surface area contributed by atoms with Crippen molar-refractivity contribution in [1.29, 1.82) is 0 Å². The Hall–Kier alpha value is -0.610. The van der Waals surface area contributed by atoms with Gasteiger partial charge < -0.3 is 15.0 Å². The minimum absolute atomic E-state index is 0.193. The molecule has 0 spiro atoms. The van der Waals surface area contributed by atoms with Gasteiger partial charge in [0.05, 0.1) is 12.7 Å². The summed E-state index contributed by atoms with van der Waals surface area (Å²) >= 11 is 0. The van der Waals surface area contributed by atoms with Crippen LogP contribution in [0.2, 0.25) is 0 Å². The molecule has 16 heavy (non-hydrogen) atoms. The monoisotopic (exact) mass is 228 g/mol. The quantitative estimate of drug-likeness (QED) is 0.759. The van der Waals surface area contributed by atoms with Crippen LogP contribution in [0.4, 0.5) is 0 Å². The smallest absolute Gasteiger partial charge is 0.222 e. The highest BCUT2D eigenvalue weighted by atomic mass is 16.5. The summed E-state index contributed by atoms with van der Waals surface area (Å²) in [7, 11) is 1.71. The highest BCUT2D eigenvalue weighted by Crippen LogP contribution is 2.16. The fraction of sp³-hybridized carbons (Fsp3) is 0.917. The molecular formula is C12H24N2O2. The number of nitrogens with one attached hydrogen (secondary N) is 1. The summed E-state index contributed by atoms with van der Waals surface area (Å²) in [5.41, 5.74) is 0. The van der Waals surface area contributed by atoms with Crippen molar-refractivity contribution in [3.05, 3.63) is 0 Å². The van der Waals surface area contributed by atoms with E-state index in [0.29, 0.717) is 6.10 Å². The Kier molecular flexibility index (Phi) is 5.77. The van der Waals surface area contributed by atoms with Crippen LogP contribution in [-0.4, -0.2) is 50.2 Å². The van der Waals surface area contributed by atoms with E-state index in [2.05, 4.69) is 24.1 Å². The lowest BCUT2D eigenvalue weighted by molar-refractivity contribution is -0.125. The van der Waals surface area contributed by atoms with Gasteiger partial charge in [-0.2, -0.15) is 0 Å². The Morgan fingerprint density at radius 3 is 2.56 bits per heavy atom. The number of amides is 1. The van der Waals surface area contributed by atoms with Gasteiger partial charge in [-0.25, -0.2) is 0 Å². The SMILES string of the molecule is CNC(=O)C1CCN(CCOC(C)C)CC1. The summed E-state index contributed by atoms with van der Waals surface area (Å²) in [6.45, 7) is 7.91. The van der Waals surface area contributed by atoms with E-state index in [-0.39, 0.29) is 11.8 Å². The van der Waals surface area contributed by atoms with Crippen LogP contribution in [-0.2, 0) is 9.53 Å². The molecule has 0 bridgehead atoms. The van der Waals surface area contributed by atoms with Crippen LogP contribution in [0.3, 0.4) is 0 Å². The number of nitrogens with zero attached hydrogens (tertiary/aromatic N) is 1. The first-order chi connectivity index (χ1) is 7.63. The van der Waals surface area contributed by atoms with E-state index in [9.17, 15) is 4.79 Å². The van der Waals surface area contributed by atoms with Crippen LogP contribution in [0.25, 0.3) is 0 Å². The third-order valence-electron chi connectivity index (χ3n) is 3.06. The number of carbonyl (C=O) groups excluding carboxylic acids is 1. The highest BCUT2D eigenvalue weighted by Gasteiger charge is 2.23. The molecule has 0 aromatic rings. The topological polar surface area (TPSA) is 41.6 Å². The van der Waals surface area contributed by atoms with Crippen molar-refractivity contribution < 1.29 is 9.53 Å². The van der Waals surface area contributed by atoms with Crippen molar-refractivity contribution in [2.45, 2.75) is 32.8 Å². The minimum atomic E-state index is 0.193. The van der Waals surface area contributed by atoms with Crippen molar-refractivity contribution in [2.24, 2.45) is 5.92 Å². The van der Waals surface area contributed by atoms with E-state index in [1.807, 2.05) is 0 Å². The van der Waals surface area contributed by atoms with Gasteiger partial charge in [0.1, 0.15) is 0 Å². The van der Waals surface area contributed by atoms with Gasteiger partial charge in [-0.15, -0.1) is 0 Å². The maximum atomic E-state index is 11.4. The molecule has 0 aromatic carbocycles. The van der Waals surface area contributed by atoms with Gasteiger partial charge in [-0.1, -0.05) is 0 Å². The average Bonchev–Trinajstić information content (AvgIpc) is 2.28. The minimum Gasteiger partial charge on any atom is -0.377 e. The van der Waals surface area contributed by atoms with E-state index in [0.717, 1.165) is 39.1 Å². The molecule has 1 rings (SSSR count). The van der Waals surface area contributed by atoms with E-state index in [4.69, 9.17) is 4.74 Å². The number of rotatable bonds is 5. The second-order valence-corrected chi connectivity index (χ2v) is 4.65. The number of hydrogen-bond acceptors (Lipinski definition) is 3. The molecule has 1 aliphatic rings. The maximum absolute atomic E-state index is 11.4. The van der Waals surface area contributed by atoms with Crippen molar-refractivity contribution in [2.75, 3.05) is 33.3 Å². The van der Waals surface area contributed by atoms with Crippen LogP contribution >= 0.6 is 0 Å². The van der Waals surface area contributed by atoms with Gasteiger partial charge in [0.25, 0.3) is 0 Å².